The standard InChI is InChI=1S/C64H40N2/c1-3-15-41(16-4-1)51-24-7-9-29-58(51)65(49-23-11-20-45(37-49)46-35-36-60-56(39-46)52-25-8-10-30-59(52)66(60)48-21-5-2-6-22-48)50-38-47-34-33-44-18-13-27-54-53-26-12-17-42-31-32-43-19-14-28-55(63(43)61(42)53)57(40-50)64(47)62(44)54/h1-40H. The fourth-order valence-corrected chi connectivity index (χ4v) is 11.2. The molecule has 0 aliphatic heterocycles. The summed E-state index contributed by atoms with van der Waals surface area (Å²) in [6.07, 6.45) is 0. The number of rotatable bonds is 6. The molecule has 14 rings (SSSR count). The van der Waals surface area contributed by atoms with Crippen molar-refractivity contribution in [2.75, 3.05) is 4.90 Å². The lowest BCUT2D eigenvalue weighted by Gasteiger charge is -2.29. The van der Waals surface area contributed by atoms with Crippen molar-refractivity contribution in [2.45, 2.75) is 0 Å². The zero-order chi connectivity index (χ0) is 43.3. The van der Waals surface area contributed by atoms with Gasteiger partial charge in [-0.05, 0) is 142 Å². The third-order valence-corrected chi connectivity index (χ3v) is 14.0. The van der Waals surface area contributed by atoms with E-state index in [9.17, 15) is 0 Å². The number of hydrogen-bond donors (Lipinski definition) is 0. The van der Waals surface area contributed by atoms with Crippen LogP contribution in [0.2, 0.25) is 0 Å². The molecule has 2 nitrogen and oxygen atoms in total. The van der Waals surface area contributed by atoms with Gasteiger partial charge in [-0.1, -0.05) is 182 Å². The third kappa shape index (κ3) is 5.49. The molecule has 306 valence electrons. The summed E-state index contributed by atoms with van der Waals surface area (Å²) in [5, 5.41) is 17.7. The van der Waals surface area contributed by atoms with Gasteiger partial charge in [0, 0.05) is 33.4 Å². The molecule has 2 heteroatoms. The molecule has 0 radical (unpaired) electrons. The lowest BCUT2D eigenvalue weighted by molar-refractivity contribution is 1.18. The van der Waals surface area contributed by atoms with Crippen molar-refractivity contribution in [3.8, 4) is 27.9 Å². The van der Waals surface area contributed by atoms with E-state index in [1.807, 2.05) is 0 Å². The van der Waals surface area contributed by atoms with Gasteiger partial charge >= 0.3 is 0 Å². The topological polar surface area (TPSA) is 8.17 Å². The summed E-state index contributed by atoms with van der Waals surface area (Å²) in [6.45, 7) is 0. The van der Waals surface area contributed by atoms with Crippen LogP contribution in [0.3, 0.4) is 0 Å². The number of para-hydroxylation sites is 3. The van der Waals surface area contributed by atoms with Crippen LogP contribution in [0.4, 0.5) is 17.1 Å². The first-order valence-electron chi connectivity index (χ1n) is 22.8. The molecule has 0 amide bonds. The molecule has 0 fully saturated rings. The van der Waals surface area contributed by atoms with E-state index in [0.29, 0.717) is 0 Å². The summed E-state index contributed by atoms with van der Waals surface area (Å²) in [5.74, 6) is 0. The van der Waals surface area contributed by atoms with Gasteiger partial charge in [0.25, 0.3) is 0 Å². The highest BCUT2D eigenvalue weighted by molar-refractivity contribution is 6.37. The minimum atomic E-state index is 1.09. The number of nitrogens with zero attached hydrogens (tertiary/aromatic N) is 2. The highest BCUT2D eigenvalue weighted by Gasteiger charge is 2.22. The quantitative estimate of drug-likeness (QED) is 0.152. The molecule has 0 N–H and O–H groups in total. The van der Waals surface area contributed by atoms with E-state index in [0.717, 1.165) is 28.3 Å². The van der Waals surface area contributed by atoms with Crippen molar-refractivity contribution in [2.24, 2.45) is 0 Å². The van der Waals surface area contributed by atoms with E-state index >= 15 is 0 Å². The van der Waals surface area contributed by atoms with Crippen LogP contribution >= 0.6 is 0 Å². The number of anilines is 3. The number of fused-ring (bicyclic) bond motifs is 5. The highest BCUT2D eigenvalue weighted by atomic mass is 15.1. The fraction of sp³-hybridized carbons (Fsp3) is 0. The molecule has 0 unspecified atom stereocenters. The van der Waals surface area contributed by atoms with Crippen molar-refractivity contribution in [1.82, 2.24) is 4.57 Å². The van der Waals surface area contributed by atoms with E-state index < -0.39 is 0 Å². The molecular weight excluding hydrogens is 797 g/mol. The molecule has 0 atom stereocenters. The van der Waals surface area contributed by atoms with Gasteiger partial charge in [-0.2, -0.15) is 0 Å². The maximum atomic E-state index is 2.49. The zero-order valence-corrected chi connectivity index (χ0v) is 36.0. The summed E-state index contributed by atoms with van der Waals surface area (Å²) in [6, 6.07) is 89.8. The Labute approximate surface area is 381 Å². The van der Waals surface area contributed by atoms with E-state index in [-0.39, 0.29) is 0 Å². The van der Waals surface area contributed by atoms with Crippen LogP contribution in [-0.2, 0) is 0 Å². The second-order valence-electron chi connectivity index (χ2n) is 17.6. The maximum absolute atomic E-state index is 2.49. The molecule has 0 saturated carbocycles. The third-order valence-electron chi connectivity index (χ3n) is 14.0. The van der Waals surface area contributed by atoms with Crippen molar-refractivity contribution in [1.29, 1.82) is 0 Å². The van der Waals surface area contributed by atoms with Crippen LogP contribution in [0.1, 0.15) is 0 Å². The largest absolute Gasteiger partial charge is 0.310 e. The number of hydrogen-bond acceptors (Lipinski definition) is 1. The summed E-state index contributed by atoms with van der Waals surface area (Å²) in [4.78, 5) is 2.49. The minimum Gasteiger partial charge on any atom is -0.310 e. The van der Waals surface area contributed by atoms with E-state index in [1.54, 1.807) is 0 Å². The maximum Gasteiger partial charge on any atom is 0.0541 e. The molecule has 0 saturated heterocycles. The molecule has 0 aliphatic carbocycles. The lowest BCUT2D eigenvalue weighted by Crippen LogP contribution is -2.11. The predicted octanol–water partition coefficient (Wildman–Crippen LogP) is 17.9. The van der Waals surface area contributed by atoms with Crippen molar-refractivity contribution in [3.63, 3.8) is 0 Å². The van der Waals surface area contributed by atoms with Crippen LogP contribution in [-0.4, -0.2) is 4.57 Å². The summed E-state index contributed by atoms with van der Waals surface area (Å²) < 4.78 is 2.38. The van der Waals surface area contributed by atoms with Gasteiger partial charge in [0.2, 0.25) is 0 Å². The van der Waals surface area contributed by atoms with E-state index in [4.69, 9.17) is 0 Å². The Bertz CT molecular complexity index is 4210. The molecule has 1 heterocycles. The fourth-order valence-electron chi connectivity index (χ4n) is 11.2. The summed E-state index contributed by atoms with van der Waals surface area (Å²) >= 11 is 0. The predicted molar refractivity (Wildman–Crippen MR) is 283 cm³/mol. The summed E-state index contributed by atoms with van der Waals surface area (Å²) in [7, 11) is 0. The van der Waals surface area contributed by atoms with Crippen LogP contribution in [0.25, 0.3) is 114 Å². The zero-order valence-electron chi connectivity index (χ0n) is 36.0. The smallest absolute Gasteiger partial charge is 0.0541 e. The van der Waals surface area contributed by atoms with Crippen LogP contribution < -0.4 is 4.90 Å². The molecule has 14 aromatic rings. The van der Waals surface area contributed by atoms with Gasteiger partial charge in [0.15, 0.2) is 0 Å². The van der Waals surface area contributed by atoms with Crippen LogP contribution in [0.5, 0.6) is 0 Å². The van der Waals surface area contributed by atoms with Crippen LogP contribution in [0, 0.1) is 0 Å². The second-order valence-corrected chi connectivity index (χ2v) is 17.6. The van der Waals surface area contributed by atoms with Gasteiger partial charge < -0.3 is 9.47 Å². The van der Waals surface area contributed by atoms with Gasteiger partial charge in [0.1, 0.15) is 0 Å². The number of aromatic nitrogens is 1. The molecular formula is C64H40N2. The first-order chi connectivity index (χ1) is 32.7. The van der Waals surface area contributed by atoms with E-state index in [1.165, 1.54) is 103 Å². The Balaban J connectivity index is 1.06. The molecule has 0 spiro atoms. The Kier molecular flexibility index (Phi) is 8.02. The van der Waals surface area contributed by atoms with E-state index in [2.05, 4.69) is 252 Å². The first kappa shape index (κ1) is 36.7. The molecule has 0 aliphatic rings. The van der Waals surface area contributed by atoms with Crippen LogP contribution in [0.15, 0.2) is 243 Å². The average Bonchev–Trinajstić information content (AvgIpc) is 3.72. The average molecular weight is 837 g/mol. The number of benzene rings is 12. The minimum absolute atomic E-state index is 1.09. The highest BCUT2D eigenvalue weighted by Crippen LogP contribution is 2.48. The Hall–Kier alpha value is -8.72. The molecule has 1 aromatic heterocycles. The van der Waals surface area contributed by atoms with Crippen molar-refractivity contribution >= 4 is 104 Å². The summed E-state index contributed by atoms with van der Waals surface area (Å²) in [5.41, 5.74) is 11.6. The molecule has 66 heavy (non-hydrogen) atoms. The van der Waals surface area contributed by atoms with Crippen molar-refractivity contribution in [3.05, 3.63) is 243 Å². The molecule has 0 bridgehead atoms. The normalized spacial score (nSPS) is 11.9. The Morgan fingerprint density at radius 3 is 1.53 bits per heavy atom. The Morgan fingerprint density at radius 2 is 0.803 bits per heavy atom. The van der Waals surface area contributed by atoms with Gasteiger partial charge in [-0.25, -0.2) is 0 Å². The molecule has 13 aromatic carbocycles. The first-order valence-corrected chi connectivity index (χ1v) is 22.8. The van der Waals surface area contributed by atoms with Gasteiger partial charge in [-0.3, -0.25) is 0 Å². The van der Waals surface area contributed by atoms with Gasteiger partial charge in [-0.15, -0.1) is 0 Å². The Morgan fingerprint density at radius 1 is 0.273 bits per heavy atom. The van der Waals surface area contributed by atoms with Gasteiger partial charge in [0.05, 0.1) is 16.7 Å². The van der Waals surface area contributed by atoms with Crippen molar-refractivity contribution < 1.29 is 0 Å². The second kappa shape index (κ2) is 14.4. The SMILES string of the molecule is c1ccc(-c2ccccc2N(c2cccc(-c3ccc4c(c3)c3ccccc3n4-c3ccccc3)c2)c2cc3ccc4cccc5c6cccc7ccc8cccc(c(c2)c3c45)c8c76)cc1. The lowest BCUT2D eigenvalue weighted by atomic mass is 9.87. The monoisotopic (exact) mass is 836 g/mol.